The first kappa shape index (κ1) is 11.2. The lowest BCUT2D eigenvalue weighted by Gasteiger charge is -2.24. The van der Waals surface area contributed by atoms with E-state index in [1.54, 1.807) is 0 Å². The highest BCUT2D eigenvalue weighted by Crippen LogP contribution is 2.14. The van der Waals surface area contributed by atoms with E-state index in [-0.39, 0.29) is 12.4 Å². The number of rotatable bonds is 2. The summed E-state index contributed by atoms with van der Waals surface area (Å²) in [5.74, 6) is 0.857. The zero-order chi connectivity index (χ0) is 7.40. The van der Waals surface area contributed by atoms with Gasteiger partial charge in [0.1, 0.15) is 0 Å². The van der Waals surface area contributed by atoms with Gasteiger partial charge in [-0.1, -0.05) is 20.3 Å². The quantitative estimate of drug-likeness (QED) is 0.684. The molecule has 1 fully saturated rings. The smallest absolute Gasteiger partial charge is 0.00695 e. The Morgan fingerprint density at radius 2 is 2.09 bits per heavy atom. The van der Waals surface area contributed by atoms with Crippen LogP contribution in [0.4, 0.5) is 0 Å². The third kappa shape index (κ3) is 4.65. The van der Waals surface area contributed by atoms with E-state index in [0.29, 0.717) is 0 Å². The summed E-state index contributed by atoms with van der Waals surface area (Å²) in [4.78, 5) is 0. The Balaban J connectivity index is 0.000001000. The number of halogens is 1. The van der Waals surface area contributed by atoms with E-state index in [1.165, 1.54) is 32.2 Å². The van der Waals surface area contributed by atoms with Gasteiger partial charge in [0, 0.05) is 6.04 Å². The number of hydrogen-bond acceptors (Lipinski definition) is 1. The lowest BCUT2D eigenvalue weighted by Crippen LogP contribution is -2.34. The molecule has 1 saturated heterocycles. The van der Waals surface area contributed by atoms with Crippen molar-refractivity contribution in [1.29, 1.82) is 0 Å². The average molecular weight is 178 g/mol. The maximum Gasteiger partial charge on any atom is 0.00695 e. The second-order valence-corrected chi connectivity index (χ2v) is 3.78. The molecule has 0 spiro atoms. The summed E-state index contributed by atoms with van der Waals surface area (Å²) in [5, 5.41) is 3.55. The Kier molecular flexibility index (Phi) is 5.98. The first-order valence-corrected chi connectivity index (χ1v) is 4.52. The minimum Gasteiger partial charge on any atom is -0.314 e. The van der Waals surface area contributed by atoms with E-state index in [4.69, 9.17) is 0 Å². The molecule has 0 amide bonds. The van der Waals surface area contributed by atoms with Crippen LogP contribution in [0.3, 0.4) is 0 Å². The second kappa shape index (κ2) is 5.84. The Morgan fingerprint density at radius 3 is 2.55 bits per heavy atom. The predicted octanol–water partition coefficient (Wildman–Crippen LogP) is 2.60. The van der Waals surface area contributed by atoms with Crippen molar-refractivity contribution in [2.75, 3.05) is 6.54 Å². The fourth-order valence-electron chi connectivity index (χ4n) is 1.69. The molecular weight excluding hydrogens is 158 g/mol. The highest BCUT2D eigenvalue weighted by molar-refractivity contribution is 5.85. The lowest BCUT2D eigenvalue weighted by atomic mass is 9.96. The SMILES string of the molecule is CC(C)CC1CCCCN1.Cl. The van der Waals surface area contributed by atoms with Crippen LogP contribution < -0.4 is 5.32 Å². The van der Waals surface area contributed by atoms with Crippen molar-refractivity contribution in [2.45, 2.75) is 45.6 Å². The van der Waals surface area contributed by atoms with Crippen LogP contribution in [-0.2, 0) is 0 Å². The fourth-order valence-corrected chi connectivity index (χ4v) is 1.69. The Bertz CT molecular complexity index is 87.6. The van der Waals surface area contributed by atoms with Crippen molar-refractivity contribution in [3.63, 3.8) is 0 Å². The summed E-state index contributed by atoms with van der Waals surface area (Å²) in [5.41, 5.74) is 0. The molecule has 0 aromatic carbocycles. The van der Waals surface area contributed by atoms with Gasteiger partial charge in [0.05, 0.1) is 0 Å². The molecule has 11 heavy (non-hydrogen) atoms. The summed E-state index contributed by atoms with van der Waals surface area (Å²) in [6.07, 6.45) is 5.58. The zero-order valence-corrected chi connectivity index (χ0v) is 8.41. The van der Waals surface area contributed by atoms with Crippen LogP contribution >= 0.6 is 12.4 Å². The molecule has 1 rings (SSSR count). The Hall–Kier alpha value is 0.250. The zero-order valence-electron chi connectivity index (χ0n) is 7.60. The molecular formula is C9H20ClN. The highest BCUT2D eigenvalue weighted by atomic mass is 35.5. The van der Waals surface area contributed by atoms with E-state index >= 15 is 0 Å². The molecule has 0 saturated carbocycles. The number of nitrogens with one attached hydrogen (secondary N) is 1. The second-order valence-electron chi connectivity index (χ2n) is 3.78. The maximum absolute atomic E-state index is 3.55. The van der Waals surface area contributed by atoms with Crippen molar-refractivity contribution in [2.24, 2.45) is 5.92 Å². The molecule has 1 heterocycles. The molecule has 1 aliphatic rings. The molecule has 0 aromatic heterocycles. The molecule has 0 bridgehead atoms. The summed E-state index contributed by atoms with van der Waals surface area (Å²) in [6, 6.07) is 0.828. The largest absolute Gasteiger partial charge is 0.314 e. The van der Waals surface area contributed by atoms with Crippen LogP contribution in [0.15, 0.2) is 0 Å². The van der Waals surface area contributed by atoms with Crippen LogP contribution in [0.2, 0.25) is 0 Å². The molecule has 68 valence electrons. The van der Waals surface area contributed by atoms with Crippen molar-refractivity contribution < 1.29 is 0 Å². The van der Waals surface area contributed by atoms with E-state index in [9.17, 15) is 0 Å². The summed E-state index contributed by atoms with van der Waals surface area (Å²) >= 11 is 0. The normalized spacial score (nSPS) is 24.8. The van der Waals surface area contributed by atoms with Gasteiger partial charge in [-0.2, -0.15) is 0 Å². The number of hydrogen-bond donors (Lipinski definition) is 1. The van der Waals surface area contributed by atoms with Crippen molar-refractivity contribution in [3.8, 4) is 0 Å². The monoisotopic (exact) mass is 177 g/mol. The van der Waals surface area contributed by atoms with Gasteiger partial charge in [-0.3, -0.25) is 0 Å². The van der Waals surface area contributed by atoms with E-state index in [0.717, 1.165) is 12.0 Å². The third-order valence-electron chi connectivity index (χ3n) is 2.17. The summed E-state index contributed by atoms with van der Waals surface area (Å²) in [7, 11) is 0. The molecule has 1 atom stereocenters. The van der Waals surface area contributed by atoms with E-state index < -0.39 is 0 Å². The van der Waals surface area contributed by atoms with Gasteiger partial charge < -0.3 is 5.32 Å². The van der Waals surface area contributed by atoms with Gasteiger partial charge in [0.25, 0.3) is 0 Å². The minimum atomic E-state index is 0. The molecule has 0 aromatic rings. The molecule has 1 unspecified atom stereocenters. The van der Waals surface area contributed by atoms with Crippen molar-refractivity contribution in [3.05, 3.63) is 0 Å². The summed E-state index contributed by atoms with van der Waals surface area (Å²) in [6.45, 7) is 5.85. The Labute approximate surface area is 76.4 Å². The van der Waals surface area contributed by atoms with E-state index in [2.05, 4.69) is 19.2 Å². The molecule has 1 N–H and O–H groups in total. The van der Waals surface area contributed by atoms with Gasteiger partial charge in [-0.25, -0.2) is 0 Å². The third-order valence-corrected chi connectivity index (χ3v) is 2.17. The van der Waals surface area contributed by atoms with Crippen molar-refractivity contribution >= 4 is 12.4 Å². The van der Waals surface area contributed by atoms with Crippen LogP contribution in [0.5, 0.6) is 0 Å². The van der Waals surface area contributed by atoms with Crippen LogP contribution in [0.25, 0.3) is 0 Å². The topological polar surface area (TPSA) is 12.0 Å². The van der Waals surface area contributed by atoms with Crippen molar-refractivity contribution in [1.82, 2.24) is 5.32 Å². The fraction of sp³-hybridized carbons (Fsp3) is 1.00. The molecule has 0 aliphatic carbocycles. The average Bonchev–Trinajstić information content (AvgIpc) is 1.88. The predicted molar refractivity (Wildman–Crippen MR) is 52.3 cm³/mol. The van der Waals surface area contributed by atoms with Crippen LogP contribution in [0, 0.1) is 5.92 Å². The summed E-state index contributed by atoms with van der Waals surface area (Å²) < 4.78 is 0. The highest BCUT2D eigenvalue weighted by Gasteiger charge is 2.12. The molecule has 1 aliphatic heterocycles. The van der Waals surface area contributed by atoms with Gasteiger partial charge in [-0.05, 0) is 31.7 Å². The van der Waals surface area contributed by atoms with Crippen LogP contribution in [0.1, 0.15) is 39.5 Å². The Morgan fingerprint density at radius 1 is 1.36 bits per heavy atom. The molecule has 2 heteroatoms. The standard InChI is InChI=1S/C9H19N.ClH/c1-8(2)7-9-5-3-4-6-10-9;/h8-10H,3-7H2,1-2H3;1H. The maximum atomic E-state index is 3.55. The van der Waals surface area contributed by atoms with E-state index in [1.807, 2.05) is 0 Å². The van der Waals surface area contributed by atoms with Gasteiger partial charge in [0.15, 0.2) is 0 Å². The van der Waals surface area contributed by atoms with Gasteiger partial charge in [0.2, 0.25) is 0 Å². The van der Waals surface area contributed by atoms with Gasteiger partial charge >= 0.3 is 0 Å². The molecule has 0 radical (unpaired) electrons. The van der Waals surface area contributed by atoms with Crippen LogP contribution in [-0.4, -0.2) is 12.6 Å². The lowest BCUT2D eigenvalue weighted by molar-refractivity contribution is 0.347. The van der Waals surface area contributed by atoms with Gasteiger partial charge in [-0.15, -0.1) is 12.4 Å². The first-order valence-electron chi connectivity index (χ1n) is 4.52. The minimum absolute atomic E-state index is 0. The first-order chi connectivity index (χ1) is 4.79. The number of piperidine rings is 1. The molecule has 1 nitrogen and oxygen atoms in total.